The molecule has 1 fully saturated rings. The predicted molar refractivity (Wildman–Crippen MR) is 153 cm³/mol. The molecular weight excluding hydrogens is 476 g/mol. The quantitative estimate of drug-likeness (QED) is 0.515. The van der Waals surface area contributed by atoms with Crippen molar-refractivity contribution in [3.05, 3.63) is 90.0 Å². The molecule has 6 nitrogen and oxygen atoms in total. The van der Waals surface area contributed by atoms with Gasteiger partial charge in [0.25, 0.3) is 0 Å². The van der Waals surface area contributed by atoms with Crippen LogP contribution in [0.5, 0.6) is 0 Å². The fraction of sp³-hybridized carbons (Fsp3) is 0.438. The lowest BCUT2D eigenvalue weighted by Crippen LogP contribution is -2.54. The zero-order valence-electron chi connectivity index (χ0n) is 23.2. The van der Waals surface area contributed by atoms with Crippen LogP contribution in [-0.2, 0) is 20.7 Å². The highest BCUT2D eigenvalue weighted by Gasteiger charge is 2.44. The Morgan fingerprint density at radius 1 is 1.00 bits per heavy atom. The molecule has 1 aliphatic heterocycles. The highest BCUT2D eigenvalue weighted by atomic mass is 16.5. The van der Waals surface area contributed by atoms with Gasteiger partial charge in [-0.15, -0.1) is 0 Å². The van der Waals surface area contributed by atoms with Crippen LogP contribution in [0.15, 0.2) is 78.9 Å². The number of hydrogen-bond acceptors (Lipinski definition) is 6. The van der Waals surface area contributed by atoms with Crippen LogP contribution in [0.25, 0.3) is 0 Å². The Hall–Kier alpha value is -3.06. The molecule has 3 unspecified atom stereocenters. The van der Waals surface area contributed by atoms with Crippen LogP contribution in [0, 0.1) is 5.92 Å². The van der Waals surface area contributed by atoms with E-state index in [-0.39, 0.29) is 5.78 Å². The van der Waals surface area contributed by atoms with E-state index in [1.807, 2.05) is 88.6 Å². The topological polar surface area (TPSA) is 70.1 Å². The monoisotopic (exact) mass is 518 g/mol. The van der Waals surface area contributed by atoms with Gasteiger partial charge in [0, 0.05) is 31.6 Å². The summed E-state index contributed by atoms with van der Waals surface area (Å²) in [5.41, 5.74) is 2.33. The molecule has 3 atom stereocenters. The number of nitrogens with zero attached hydrogens (tertiary/aromatic N) is 2. The number of ether oxygens (including phenoxy) is 1. The lowest BCUT2D eigenvalue weighted by Gasteiger charge is -2.44. The smallest absolute Gasteiger partial charge is 0.174 e. The number of aliphatic hydroxyl groups is 1. The Balaban J connectivity index is 0.000000599. The second kappa shape index (κ2) is 14.2. The molecule has 1 saturated heterocycles. The highest BCUT2D eigenvalue weighted by molar-refractivity contribution is 5.90. The number of rotatable bonds is 9. The molecule has 204 valence electrons. The van der Waals surface area contributed by atoms with Crippen LogP contribution in [0.4, 0.5) is 5.69 Å². The van der Waals surface area contributed by atoms with Crippen LogP contribution < -0.4 is 4.90 Å². The summed E-state index contributed by atoms with van der Waals surface area (Å²) in [5.74, 6) is -0.305. The number of likely N-dealkylation sites (N-methyl/N-ethyl adjacent to an activating group) is 1. The van der Waals surface area contributed by atoms with Crippen molar-refractivity contribution in [2.45, 2.75) is 44.8 Å². The number of carbonyl (C=O) groups is 2. The third kappa shape index (κ3) is 7.28. The van der Waals surface area contributed by atoms with E-state index in [0.29, 0.717) is 30.6 Å². The fourth-order valence-electron chi connectivity index (χ4n) is 4.96. The first-order chi connectivity index (χ1) is 18.3. The fourth-order valence-corrected chi connectivity index (χ4v) is 4.96. The molecule has 2 aliphatic rings. The van der Waals surface area contributed by atoms with Gasteiger partial charge >= 0.3 is 0 Å². The first kappa shape index (κ1) is 29.5. The number of Topliss-reactive ketones (excluding diaryl/α,β-unsaturated/α-hetero) is 2. The van der Waals surface area contributed by atoms with E-state index in [0.717, 1.165) is 37.6 Å². The lowest BCUT2D eigenvalue weighted by atomic mass is 9.72. The first-order valence-corrected chi connectivity index (χ1v) is 13.6. The minimum Gasteiger partial charge on any atom is -0.381 e. The van der Waals surface area contributed by atoms with Crippen molar-refractivity contribution in [2.75, 3.05) is 45.3 Å². The van der Waals surface area contributed by atoms with Gasteiger partial charge in [0.1, 0.15) is 11.9 Å². The maximum absolute atomic E-state index is 13.6. The second-order valence-corrected chi connectivity index (χ2v) is 10.0. The Kier molecular flexibility index (Phi) is 11.0. The summed E-state index contributed by atoms with van der Waals surface area (Å²) in [6.45, 7) is 6.91. The van der Waals surface area contributed by atoms with Crippen LogP contribution >= 0.6 is 0 Å². The number of ketones is 2. The summed E-state index contributed by atoms with van der Waals surface area (Å²) in [5, 5.41) is 11.1. The van der Waals surface area contributed by atoms with E-state index in [4.69, 9.17) is 4.74 Å². The third-order valence-electron chi connectivity index (χ3n) is 7.45. The second-order valence-electron chi connectivity index (χ2n) is 10.0. The Morgan fingerprint density at radius 3 is 2.18 bits per heavy atom. The van der Waals surface area contributed by atoms with Crippen LogP contribution in [0.2, 0.25) is 0 Å². The summed E-state index contributed by atoms with van der Waals surface area (Å²) in [6, 6.07) is 17.9. The first-order valence-electron chi connectivity index (χ1n) is 13.6. The molecule has 0 saturated carbocycles. The molecule has 0 spiro atoms. The third-order valence-corrected chi connectivity index (χ3v) is 7.45. The standard InChI is InChI=1S/C27H32N2O3.C5H10O/c1-28(2)27(20-21-8-4-3-5-9-21)15-7-6-10-24(27)26(31)25(30)22-11-13-23(14-12-22)29-16-18-32-19-17-29;1-3-5(6)4-2/h3-15,24-25,30H,16-20H2,1-2H3;3-4H2,1-2H3. The number of allylic oxidation sites excluding steroid dienone is 2. The molecule has 1 heterocycles. The van der Waals surface area contributed by atoms with E-state index in [1.54, 1.807) is 0 Å². The van der Waals surface area contributed by atoms with Gasteiger partial charge in [0.05, 0.1) is 24.7 Å². The van der Waals surface area contributed by atoms with Crippen molar-refractivity contribution < 1.29 is 19.4 Å². The van der Waals surface area contributed by atoms with Crippen molar-refractivity contribution in [1.82, 2.24) is 4.90 Å². The molecule has 2 aromatic carbocycles. The maximum atomic E-state index is 13.6. The van der Waals surface area contributed by atoms with E-state index in [1.165, 1.54) is 0 Å². The van der Waals surface area contributed by atoms with Gasteiger partial charge in [-0.3, -0.25) is 14.5 Å². The lowest BCUT2D eigenvalue weighted by molar-refractivity contribution is -0.133. The van der Waals surface area contributed by atoms with Crippen LogP contribution in [0.3, 0.4) is 0 Å². The molecule has 38 heavy (non-hydrogen) atoms. The Bertz CT molecular complexity index is 1080. The SMILES string of the molecule is CCC(=O)CC.CN(C)C1(Cc2ccccc2)C=CC=CC1C(=O)C(O)c1ccc(N2CCOCC2)cc1. The van der Waals surface area contributed by atoms with Crippen molar-refractivity contribution in [3.8, 4) is 0 Å². The summed E-state index contributed by atoms with van der Waals surface area (Å²) in [6.07, 6.45) is 8.81. The van der Waals surface area contributed by atoms with Gasteiger partial charge in [-0.2, -0.15) is 0 Å². The highest BCUT2D eigenvalue weighted by Crippen LogP contribution is 2.36. The van der Waals surface area contributed by atoms with Crippen molar-refractivity contribution >= 4 is 17.3 Å². The molecule has 6 heteroatoms. The zero-order chi connectivity index (χ0) is 27.5. The number of morpholine rings is 1. The van der Waals surface area contributed by atoms with Crippen molar-refractivity contribution in [3.63, 3.8) is 0 Å². The number of benzene rings is 2. The average Bonchev–Trinajstić information content (AvgIpc) is 2.97. The van der Waals surface area contributed by atoms with E-state index < -0.39 is 17.6 Å². The number of carbonyl (C=O) groups excluding carboxylic acids is 2. The average molecular weight is 519 g/mol. The minimum absolute atomic E-state index is 0.186. The summed E-state index contributed by atoms with van der Waals surface area (Å²) in [4.78, 5) is 28.1. The zero-order valence-corrected chi connectivity index (χ0v) is 23.2. The van der Waals surface area contributed by atoms with E-state index in [9.17, 15) is 14.7 Å². The van der Waals surface area contributed by atoms with Crippen molar-refractivity contribution in [2.24, 2.45) is 5.92 Å². The van der Waals surface area contributed by atoms with E-state index >= 15 is 0 Å². The molecule has 0 aromatic heterocycles. The number of anilines is 1. The summed E-state index contributed by atoms with van der Waals surface area (Å²) in [7, 11) is 3.99. The van der Waals surface area contributed by atoms with Gasteiger partial charge < -0.3 is 14.7 Å². The molecule has 0 radical (unpaired) electrons. The Labute approximate surface area is 227 Å². The van der Waals surface area contributed by atoms with E-state index in [2.05, 4.69) is 28.0 Å². The minimum atomic E-state index is -1.18. The largest absolute Gasteiger partial charge is 0.381 e. The molecule has 0 amide bonds. The predicted octanol–water partition coefficient (Wildman–Crippen LogP) is 4.79. The van der Waals surface area contributed by atoms with Crippen molar-refractivity contribution in [1.29, 1.82) is 0 Å². The van der Waals surface area contributed by atoms with Crippen LogP contribution in [0.1, 0.15) is 43.9 Å². The van der Waals surface area contributed by atoms with Gasteiger partial charge in [-0.1, -0.05) is 80.6 Å². The number of aliphatic hydroxyl groups excluding tert-OH is 1. The molecule has 1 aliphatic carbocycles. The van der Waals surface area contributed by atoms with Crippen LogP contribution in [-0.4, -0.2) is 67.5 Å². The van der Waals surface area contributed by atoms with Gasteiger partial charge in [-0.05, 0) is 43.8 Å². The van der Waals surface area contributed by atoms with Gasteiger partial charge in [-0.25, -0.2) is 0 Å². The summed E-state index contributed by atoms with van der Waals surface area (Å²) < 4.78 is 5.42. The molecule has 1 N–H and O–H groups in total. The normalized spacial score (nSPS) is 21.5. The maximum Gasteiger partial charge on any atom is 0.174 e. The molecular formula is C32H42N2O4. The molecule has 0 bridgehead atoms. The molecule has 2 aromatic rings. The molecule has 4 rings (SSSR count). The summed E-state index contributed by atoms with van der Waals surface area (Å²) >= 11 is 0. The van der Waals surface area contributed by atoms with Gasteiger partial charge in [0.15, 0.2) is 5.78 Å². The van der Waals surface area contributed by atoms with Gasteiger partial charge in [0.2, 0.25) is 0 Å². The Morgan fingerprint density at radius 2 is 1.63 bits per heavy atom. The number of hydrogen-bond donors (Lipinski definition) is 1.